The SMILES string of the molecule is Cc1ccc(-c2csc(-c3ccc(CNc4nc(C)nc(C)c4Cc4ccccc4)cc3)n2)cc1. The summed E-state index contributed by atoms with van der Waals surface area (Å²) in [4.78, 5) is 14.2. The molecule has 0 amide bonds. The second kappa shape index (κ2) is 10.2. The first-order valence-electron chi connectivity index (χ1n) is 11.8. The van der Waals surface area contributed by atoms with Gasteiger partial charge in [0.15, 0.2) is 0 Å². The van der Waals surface area contributed by atoms with Crippen LogP contribution in [0, 0.1) is 20.8 Å². The van der Waals surface area contributed by atoms with Crippen LogP contribution in [0.4, 0.5) is 5.82 Å². The number of nitrogens with zero attached hydrogens (tertiary/aromatic N) is 3. The number of thiazole rings is 1. The largest absolute Gasteiger partial charge is 0.366 e. The first-order chi connectivity index (χ1) is 17.0. The van der Waals surface area contributed by atoms with Gasteiger partial charge in [-0.3, -0.25) is 0 Å². The van der Waals surface area contributed by atoms with Gasteiger partial charge < -0.3 is 5.32 Å². The van der Waals surface area contributed by atoms with Crippen LogP contribution < -0.4 is 5.32 Å². The van der Waals surface area contributed by atoms with Gasteiger partial charge in [-0.05, 0) is 31.9 Å². The van der Waals surface area contributed by atoms with Gasteiger partial charge in [-0.1, -0.05) is 84.4 Å². The molecule has 5 heteroatoms. The fourth-order valence-electron chi connectivity index (χ4n) is 4.11. The molecule has 5 rings (SSSR count). The molecule has 0 atom stereocenters. The highest BCUT2D eigenvalue weighted by atomic mass is 32.1. The van der Waals surface area contributed by atoms with E-state index in [4.69, 9.17) is 9.97 Å². The molecule has 1 N–H and O–H groups in total. The molecule has 2 aromatic heterocycles. The molecule has 0 saturated heterocycles. The Morgan fingerprint density at radius 2 is 1.43 bits per heavy atom. The molecule has 0 aliphatic carbocycles. The van der Waals surface area contributed by atoms with Crippen LogP contribution in [-0.4, -0.2) is 15.0 Å². The third-order valence-corrected chi connectivity index (χ3v) is 6.95. The fourth-order valence-corrected chi connectivity index (χ4v) is 4.94. The Kier molecular flexibility index (Phi) is 6.68. The summed E-state index contributed by atoms with van der Waals surface area (Å²) in [7, 11) is 0. The van der Waals surface area contributed by atoms with Crippen molar-refractivity contribution in [3.8, 4) is 21.8 Å². The topological polar surface area (TPSA) is 50.7 Å². The van der Waals surface area contributed by atoms with Crippen molar-refractivity contribution in [1.29, 1.82) is 0 Å². The monoisotopic (exact) mass is 476 g/mol. The fraction of sp³-hybridized carbons (Fsp3) is 0.167. The van der Waals surface area contributed by atoms with Crippen LogP contribution in [0.3, 0.4) is 0 Å². The molecule has 0 aliphatic rings. The van der Waals surface area contributed by atoms with Crippen molar-refractivity contribution in [2.24, 2.45) is 0 Å². The minimum absolute atomic E-state index is 0.699. The van der Waals surface area contributed by atoms with Gasteiger partial charge in [0, 0.05) is 40.7 Å². The van der Waals surface area contributed by atoms with Gasteiger partial charge in [0.25, 0.3) is 0 Å². The smallest absolute Gasteiger partial charge is 0.133 e. The molecule has 0 aliphatic heterocycles. The van der Waals surface area contributed by atoms with Crippen molar-refractivity contribution < 1.29 is 0 Å². The minimum atomic E-state index is 0.699. The Balaban J connectivity index is 1.30. The van der Waals surface area contributed by atoms with Crippen LogP contribution in [0.2, 0.25) is 0 Å². The van der Waals surface area contributed by atoms with Crippen molar-refractivity contribution in [3.05, 3.63) is 118 Å². The summed E-state index contributed by atoms with van der Waals surface area (Å²) in [6, 6.07) is 27.6. The lowest BCUT2D eigenvalue weighted by Crippen LogP contribution is -2.09. The summed E-state index contributed by atoms with van der Waals surface area (Å²) < 4.78 is 0. The number of aryl methyl sites for hydroxylation is 3. The predicted octanol–water partition coefficient (Wildman–Crippen LogP) is 7.40. The van der Waals surface area contributed by atoms with Gasteiger partial charge in [0.2, 0.25) is 0 Å². The van der Waals surface area contributed by atoms with Crippen LogP contribution >= 0.6 is 11.3 Å². The van der Waals surface area contributed by atoms with Gasteiger partial charge in [-0.2, -0.15) is 0 Å². The van der Waals surface area contributed by atoms with Gasteiger partial charge in [-0.25, -0.2) is 15.0 Å². The first-order valence-corrected chi connectivity index (χ1v) is 12.7. The number of rotatable bonds is 7. The van der Waals surface area contributed by atoms with Crippen molar-refractivity contribution in [2.75, 3.05) is 5.32 Å². The molecular formula is C30H28N4S. The van der Waals surface area contributed by atoms with Gasteiger partial charge in [0.05, 0.1) is 5.69 Å². The van der Waals surface area contributed by atoms with E-state index in [1.54, 1.807) is 11.3 Å². The zero-order valence-electron chi connectivity index (χ0n) is 20.2. The van der Waals surface area contributed by atoms with Crippen LogP contribution in [0.25, 0.3) is 21.8 Å². The minimum Gasteiger partial charge on any atom is -0.366 e. The lowest BCUT2D eigenvalue weighted by Gasteiger charge is -2.14. The van der Waals surface area contributed by atoms with Gasteiger partial charge in [0.1, 0.15) is 16.6 Å². The van der Waals surface area contributed by atoms with Gasteiger partial charge in [-0.15, -0.1) is 11.3 Å². The molecule has 0 radical (unpaired) electrons. The average Bonchev–Trinajstić information content (AvgIpc) is 3.36. The molecule has 0 saturated carbocycles. The molecule has 0 unspecified atom stereocenters. The van der Waals surface area contributed by atoms with Crippen molar-refractivity contribution >= 4 is 17.2 Å². The summed E-state index contributed by atoms with van der Waals surface area (Å²) in [6.45, 7) is 6.80. The molecule has 4 nitrogen and oxygen atoms in total. The zero-order valence-corrected chi connectivity index (χ0v) is 21.1. The number of hydrogen-bond acceptors (Lipinski definition) is 5. The number of anilines is 1. The van der Waals surface area contributed by atoms with Crippen LogP contribution in [0.15, 0.2) is 84.2 Å². The van der Waals surface area contributed by atoms with E-state index in [2.05, 4.69) is 102 Å². The van der Waals surface area contributed by atoms with E-state index in [1.807, 2.05) is 13.0 Å². The van der Waals surface area contributed by atoms with E-state index in [0.717, 1.165) is 51.1 Å². The molecule has 174 valence electrons. The van der Waals surface area contributed by atoms with Crippen molar-refractivity contribution in [2.45, 2.75) is 33.7 Å². The van der Waals surface area contributed by atoms with Crippen molar-refractivity contribution in [1.82, 2.24) is 15.0 Å². The van der Waals surface area contributed by atoms with E-state index in [-0.39, 0.29) is 0 Å². The summed E-state index contributed by atoms with van der Waals surface area (Å²) in [5.74, 6) is 1.69. The van der Waals surface area contributed by atoms with E-state index in [1.165, 1.54) is 16.7 Å². The Morgan fingerprint density at radius 1 is 0.714 bits per heavy atom. The summed E-state index contributed by atoms with van der Waals surface area (Å²) in [5.41, 5.74) is 9.19. The third-order valence-electron chi connectivity index (χ3n) is 6.06. The second-order valence-corrected chi connectivity index (χ2v) is 9.66. The lowest BCUT2D eigenvalue weighted by molar-refractivity contribution is 0.946. The number of hydrogen-bond donors (Lipinski definition) is 1. The normalized spacial score (nSPS) is 10.9. The molecule has 5 aromatic rings. The van der Waals surface area contributed by atoms with Crippen molar-refractivity contribution in [3.63, 3.8) is 0 Å². The predicted molar refractivity (Wildman–Crippen MR) is 146 cm³/mol. The highest BCUT2D eigenvalue weighted by Gasteiger charge is 2.12. The Morgan fingerprint density at radius 3 is 2.17 bits per heavy atom. The number of nitrogens with one attached hydrogen (secondary N) is 1. The third kappa shape index (κ3) is 5.47. The van der Waals surface area contributed by atoms with Crippen LogP contribution in [0.1, 0.15) is 33.8 Å². The maximum Gasteiger partial charge on any atom is 0.133 e. The quantitative estimate of drug-likeness (QED) is 0.266. The molecule has 3 aromatic carbocycles. The maximum absolute atomic E-state index is 4.86. The Labute approximate surface area is 210 Å². The molecule has 0 fully saturated rings. The molecular weight excluding hydrogens is 448 g/mol. The summed E-state index contributed by atoms with van der Waals surface area (Å²) in [6.07, 6.45) is 0.807. The van der Waals surface area contributed by atoms with E-state index < -0.39 is 0 Å². The van der Waals surface area contributed by atoms with E-state index >= 15 is 0 Å². The summed E-state index contributed by atoms with van der Waals surface area (Å²) in [5, 5.41) is 6.72. The number of aromatic nitrogens is 3. The molecule has 2 heterocycles. The van der Waals surface area contributed by atoms with Crippen LogP contribution in [-0.2, 0) is 13.0 Å². The Hall–Kier alpha value is -3.83. The molecule has 0 spiro atoms. The van der Waals surface area contributed by atoms with E-state index in [0.29, 0.717) is 6.54 Å². The van der Waals surface area contributed by atoms with Crippen LogP contribution in [0.5, 0.6) is 0 Å². The maximum atomic E-state index is 4.86. The zero-order chi connectivity index (χ0) is 24.2. The first kappa shape index (κ1) is 22.9. The second-order valence-electron chi connectivity index (χ2n) is 8.80. The molecule has 0 bridgehead atoms. The lowest BCUT2D eigenvalue weighted by atomic mass is 10.0. The van der Waals surface area contributed by atoms with Gasteiger partial charge >= 0.3 is 0 Å². The molecule has 35 heavy (non-hydrogen) atoms. The highest BCUT2D eigenvalue weighted by molar-refractivity contribution is 7.13. The van der Waals surface area contributed by atoms with E-state index in [9.17, 15) is 0 Å². The number of benzene rings is 3. The standard InChI is InChI=1S/C30H28N4S/c1-20-9-13-25(14-10-20)28-19-35-30(34-28)26-15-11-24(12-16-26)18-31-29-27(21(2)32-22(3)33-29)17-23-7-5-4-6-8-23/h4-16,19H,17-18H2,1-3H3,(H,31,32,33). The summed E-state index contributed by atoms with van der Waals surface area (Å²) >= 11 is 1.68. The average molecular weight is 477 g/mol. The Bertz CT molecular complexity index is 1420. The highest BCUT2D eigenvalue weighted by Crippen LogP contribution is 2.29.